The third-order valence-electron chi connectivity index (χ3n) is 4.04. The van der Waals surface area contributed by atoms with Gasteiger partial charge in [-0.1, -0.05) is 12.1 Å². The van der Waals surface area contributed by atoms with Gasteiger partial charge in [0.1, 0.15) is 0 Å². The smallest absolute Gasteiger partial charge is 0.303 e. The Morgan fingerprint density at radius 3 is 2.50 bits per heavy atom. The summed E-state index contributed by atoms with van der Waals surface area (Å²) < 4.78 is 0. The molecule has 1 saturated heterocycles. The fraction of sp³-hybridized carbons (Fsp3) is 0.562. The molecule has 0 aliphatic carbocycles. The van der Waals surface area contributed by atoms with Crippen LogP contribution in [0.4, 0.5) is 0 Å². The van der Waals surface area contributed by atoms with Gasteiger partial charge in [0.15, 0.2) is 0 Å². The molecule has 0 amide bonds. The zero-order chi connectivity index (χ0) is 14.4. The Bertz CT molecular complexity index is 425. The molecule has 4 heteroatoms. The monoisotopic (exact) mass is 293 g/mol. The Labute approximate surface area is 125 Å². The van der Waals surface area contributed by atoms with E-state index in [0.717, 1.165) is 38.9 Å². The third kappa shape index (κ3) is 4.84. The minimum Gasteiger partial charge on any atom is -0.481 e. The second kappa shape index (κ2) is 7.70. The number of piperidine rings is 1. The highest BCUT2D eigenvalue weighted by molar-refractivity contribution is 7.98. The van der Waals surface area contributed by atoms with E-state index in [1.54, 1.807) is 11.8 Å². The van der Waals surface area contributed by atoms with Crippen molar-refractivity contribution >= 4 is 17.7 Å². The molecule has 0 radical (unpaired) electrons. The lowest BCUT2D eigenvalue weighted by Gasteiger charge is -2.31. The summed E-state index contributed by atoms with van der Waals surface area (Å²) in [5.41, 5.74) is 1.37. The maximum atomic E-state index is 10.6. The molecule has 0 aromatic heterocycles. The van der Waals surface area contributed by atoms with Crippen molar-refractivity contribution in [3.63, 3.8) is 0 Å². The maximum Gasteiger partial charge on any atom is 0.303 e. The first-order valence-electron chi connectivity index (χ1n) is 7.24. The number of aliphatic carboxylic acids is 1. The van der Waals surface area contributed by atoms with Crippen molar-refractivity contribution in [3.8, 4) is 0 Å². The van der Waals surface area contributed by atoms with Crippen molar-refractivity contribution in [2.24, 2.45) is 5.92 Å². The summed E-state index contributed by atoms with van der Waals surface area (Å²) >= 11 is 1.77. The van der Waals surface area contributed by atoms with E-state index in [-0.39, 0.29) is 0 Å². The summed E-state index contributed by atoms with van der Waals surface area (Å²) in [7, 11) is 0. The Morgan fingerprint density at radius 1 is 1.30 bits per heavy atom. The molecule has 1 heterocycles. The predicted octanol–water partition coefficient (Wildman–Crippen LogP) is 3.49. The maximum absolute atomic E-state index is 10.6. The summed E-state index contributed by atoms with van der Waals surface area (Å²) in [6, 6.07) is 8.78. The van der Waals surface area contributed by atoms with Crippen LogP contribution >= 0.6 is 11.8 Å². The van der Waals surface area contributed by atoms with Crippen LogP contribution in [-0.4, -0.2) is 35.3 Å². The molecular weight excluding hydrogens is 270 g/mol. The largest absolute Gasteiger partial charge is 0.481 e. The van der Waals surface area contributed by atoms with Crippen LogP contribution < -0.4 is 0 Å². The van der Waals surface area contributed by atoms with Gasteiger partial charge in [0, 0.05) is 17.9 Å². The normalized spacial score (nSPS) is 17.2. The number of carboxylic acids is 1. The second-order valence-electron chi connectivity index (χ2n) is 5.50. The first kappa shape index (κ1) is 15.4. The number of carboxylic acid groups (broad SMARTS) is 1. The lowest BCUT2D eigenvalue weighted by Crippen LogP contribution is -2.33. The Balaban J connectivity index is 1.74. The molecule has 0 unspecified atom stereocenters. The van der Waals surface area contributed by atoms with Gasteiger partial charge < -0.3 is 5.11 Å². The lowest BCUT2D eigenvalue weighted by molar-refractivity contribution is -0.137. The van der Waals surface area contributed by atoms with Crippen molar-refractivity contribution in [2.75, 3.05) is 19.3 Å². The van der Waals surface area contributed by atoms with Crippen molar-refractivity contribution in [1.82, 2.24) is 4.90 Å². The number of carbonyl (C=O) groups is 1. The molecule has 1 N–H and O–H groups in total. The molecular formula is C16H23NO2S. The molecule has 0 spiro atoms. The molecule has 1 aromatic rings. The summed E-state index contributed by atoms with van der Waals surface area (Å²) in [5.74, 6) is -0.0671. The highest BCUT2D eigenvalue weighted by Gasteiger charge is 2.19. The van der Waals surface area contributed by atoms with Gasteiger partial charge in [-0.25, -0.2) is 0 Å². The Hall–Kier alpha value is -1.00. The minimum absolute atomic E-state index is 0.320. The number of nitrogens with zero attached hydrogens (tertiary/aromatic N) is 1. The van der Waals surface area contributed by atoms with E-state index in [4.69, 9.17) is 5.11 Å². The summed E-state index contributed by atoms with van der Waals surface area (Å²) in [5, 5.41) is 8.72. The van der Waals surface area contributed by atoms with Gasteiger partial charge in [0.2, 0.25) is 0 Å². The van der Waals surface area contributed by atoms with Gasteiger partial charge in [-0.15, -0.1) is 11.8 Å². The number of thioether (sulfide) groups is 1. The molecule has 1 aliphatic rings. The molecule has 1 aliphatic heterocycles. The van der Waals surface area contributed by atoms with Crippen molar-refractivity contribution in [2.45, 2.75) is 37.1 Å². The fourth-order valence-corrected chi connectivity index (χ4v) is 3.16. The number of likely N-dealkylation sites (tertiary alicyclic amines) is 1. The van der Waals surface area contributed by atoms with E-state index >= 15 is 0 Å². The molecule has 3 nitrogen and oxygen atoms in total. The van der Waals surface area contributed by atoms with E-state index in [1.165, 1.54) is 10.5 Å². The first-order chi connectivity index (χ1) is 9.67. The molecule has 1 aromatic carbocycles. The van der Waals surface area contributed by atoms with Crippen LogP contribution in [0.1, 0.15) is 31.2 Å². The molecule has 1 fully saturated rings. The zero-order valence-corrected chi connectivity index (χ0v) is 12.9. The van der Waals surface area contributed by atoms with Gasteiger partial charge in [-0.05, 0) is 62.2 Å². The number of benzene rings is 1. The summed E-state index contributed by atoms with van der Waals surface area (Å²) in [4.78, 5) is 14.4. The predicted molar refractivity (Wildman–Crippen MR) is 83.1 cm³/mol. The lowest BCUT2D eigenvalue weighted by atomic mass is 9.92. The van der Waals surface area contributed by atoms with E-state index < -0.39 is 5.97 Å². The first-order valence-corrected chi connectivity index (χ1v) is 8.47. The molecule has 0 saturated carbocycles. The van der Waals surface area contributed by atoms with E-state index in [1.807, 2.05) is 0 Å². The Kier molecular flexibility index (Phi) is 5.92. The Morgan fingerprint density at radius 2 is 1.95 bits per heavy atom. The van der Waals surface area contributed by atoms with Gasteiger partial charge in [0.05, 0.1) is 0 Å². The average molecular weight is 293 g/mol. The van der Waals surface area contributed by atoms with Crippen LogP contribution in [-0.2, 0) is 11.3 Å². The fourth-order valence-electron chi connectivity index (χ4n) is 2.75. The van der Waals surface area contributed by atoms with Crippen LogP contribution in [0, 0.1) is 5.92 Å². The van der Waals surface area contributed by atoms with E-state index in [9.17, 15) is 4.79 Å². The van der Waals surface area contributed by atoms with Crippen LogP contribution in [0.2, 0.25) is 0 Å². The van der Waals surface area contributed by atoms with E-state index in [0.29, 0.717) is 12.3 Å². The highest BCUT2D eigenvalue weighted by Crippen LogP contribution is 2.23. The third-order valence-corrected chi connectivity index (χ3v) is 4.78. The molecule has 110 valence electrons. The number of hydrogen-bond acceptors (Lipinski definition) is 3. The molecule has 20 heavy (non-hydrogen) atoms. The van der Waals surface area contributed by atoms with Crippen LogP contribution in [0.5, 0.6) is 0 Å². The van der Waals surface area contributed by atoms with Crippen molar-refractivity contribution < 1.29 is 9.90 Å². The van der Waals surface area contributed by atoms with Crippen LogP contribution in [0.25, 0.3) is 0 Å². The second-order valence-corrected chi connectivity index (χ2v) is 6.38. The standard InChI is InChI=1S/C16H23NO2S/c1-20-15-5-2-14(3-6-15)12-17-10-8-13(9-11-17)4-7-16(18)19/h2-3,5-6,13H,4,7-12H2,1H3,(H,18,19). The van der Waals surface area contributed by atoms with Crippen LogP contribution in [0.15, 0.2) is 29.2 Å². The van der Waals surface area contributed by atoms with Gasteiger partial charge in [-0.3, -0.25) is 9.69 Å². The van der Waals surface area contributed by atoms with Crippen molar-refractivity contribution in [3.05, 3.63) is 29.8 Å². The van der Waals surface area contributed by atoms with E-state index in [2.05, 4.69) is 35.4 Å². The van der Waals surface area contributed by atoms with Crippen LogP contribution in [0.3, 0.4) is 0 Å². The quantitative estimate of drug-likeness (QED) is 0.815. The zero-order valence-electron chi connectivity index (χ0n) is 12.0. The van der Waals surface area contributed by atoms with Crippen molar-refractivity contribution in [1.29, 1.82) is 0 Å². The molecule has 0 atom stereocenters. The number of hydrogen-bond donors (Lipinski definition) is 1. The molecule has 2 rings (SSSR count). The van der Waals surface area contributed by atoms with Gasteiger partial charge in [0.25, 0.3) is 0 Å². The van der Waals surface area contributed by atoms with Gasteiger partial charge >= 0.3 is 5.97 Å². The average Bonchev–Trinajstić information content (AvgIpc) is 2.47. The topological polar surface area (TPSA) is 40.5 Å². The molecule has 0 bridgehead atoms. The SMILES string of the molecule is CSc1ccc(CN2CCC(CCC(=O)O)CC2)cc1. The minimum atomic E-state index is -0.665. The van der Waals surface area contributed by atoms with Gasteiger partial charge in [-0.2, -0.15) is 0 Å². The highest BCUT2D eigenvalue weighted by atomic mass is 32.2. The summed E-state index contributed by atoms with van der Waals surface area (Å²) in [6.07, 6.45) is 5.52. The number of rotatable bonds is 6. The summed E-state index contributed by atoms with van der Waals surface area (Å²) in [6.45, 7) is 3.20.